The van der Waals surface area contributed by atoms with E-state index in [0.29, 0.717) is 11.4 Å². The number of sulfone groups is 1. The summed E-state index contributed by atoms with van der Waals surface area (Å²) >= 11 is 5.92. The highest BCUT2D eigenvalue weighted by atomic mass is 35.5. The van der Waals surface area contributed by atoms with Gasteiger partial charge in [-0.15, -0.1) is 0 Å². The summed E-state index contributed by atoms with van der Waals surface area (Å²) in [5.74, 6) is -3.75. The molecule has 3 aromatic rings. The molecular formula is C24H23ClF2N2O5S. The molecule has 2 unspecified atom stereocenters. The molecule has 0 saturated heterocycles. The first-order valence-corrected chi connectivity index (χ1v) is 12.9. The Hall–Kier alpha value is -2.98. The van der Waals surface area contributed by atoms with Gasteiger partial charge in [-0.25, -0.2) is 17.2 Å². The van der Waals surface area contributed by atoms with E-state index in [0.717, 1.165) is 12.1 Å². The maximum atomic E-state index is 15.2. The molecule has 186 valence electrons. The summed E-state index contributed by atoms with van der Waals surface area (Å²) in [5.41, 5.74) is -0.224. The summed E-state index contributed by atoms with van der Waals surface area (Å²) < 4.78 is 67.8. The van der Waals surface area contributed by atoms with Crippen molar-refractivity contribution in [2.45, 2.75) is 42.4 Å². The molecule has 0 saturated carbocycles. The van der Waals surface area contributed by atoms with Crippen molar-refractivity contribution in [3.05, 3.63) is 76.6 Å². The van der Waals surface area contributed by atoms with Gasteiger partial charge in [-0.2, -0.15) is 0 Å². The lowest BCUT2D eigenvalue weighted by Gasteiger charge is -2.42. The maximum absolute atomic E-state index is 15.2. The minimum Gasteiger partial charge on any atom is -0.488 e. The van der Waals surface area contributed by atoms with Crippen LogP contribution in [0, 0.1) is 11.6 Å². The van der Waals surface area contributed by atoms with E-state index < -0.39 is 44.6 Å². The standard InChI is InChI=1S/C24H23ClF2N2O5S/c1-3-12-29(24(30)20-10-11-28-34-20)19-13-33-23-18(27)9-8-17(26)22(23)21(19)14(2)35(31,32)16-6-4-15(25)5-7-16/h4-11,14,19,21H,3,12-13H2,1-2H3/t14?,19-,21?/m0/s1. The summed E-state index contributed by atoms with van der Waals surface area (Å²) in [5, 5.41) is 2.66. The largest absolute Gasteiger partial charge is 0.488 e. The van der Waals surface area contributed by atoms with Crippen LogP contribution in [0.15, 0.2) is 58.1 Å². The second-order valence-electron chi connectivity index (χ2n) is 8.26. The van der Waals surface area contributed by atoms with Gasteiger partial charge in [-0.05, 0) is 49.7 Å². The van der Waals surface area contributed by atoms with Crippen LogP contribution in [0.4, 0.5) is 8.78 Å². The molecular weight excluding hydrogens is 502 g/mol. The van der Waals surface area contributed by atoms with Gasteiger partial charge < -0.3 is 14.2 Å². The smallest absolute Gasteiger partial charge is 0.292 e. The normalized spacial score (nSPS) is 18.4. The van der Waals surface area contributed by atoms with Crippen molar-refractivity contribution in [2.24, 2.45) is 0 Å². The molecule has 0 radical (unpaired) electrons. The fourth-order valence-corrected chi connectivity index (χ4v) is 6.24. The van der Waals surface area contributed by atoms with Crippen LogP contribution in [0.25, 0.3) is 0 Å². The minimum absolute atomic E-state index is 0.0263. The fraction of sp³-hybridized carbons (Fsp3) is 0.333. The number of hydrogen-bond donors (Lipinski definition) is 0. The van der Waals surface area contributed by atoms with Crippen LogP contribution in [0.1, 0.15) is 42.3 Å². The second kappa shape index (κ2) is 9.94. The predicted molar refractivity (Wildman–Crippen MR) is 124 cm³/mol. The van der Waals surface area contributed by atoms with Crippen LogP contribution >= 0.6 is 11.6 Å². The highest BCUT2D eigenvalue weighted by Gasteiger charge is 2.47. The van der Waals surface area contributed by atoms with Crippen LogP contribution < -0.4 is 4.74 Å². The number of benzene rings is 2. The Kier molecular flexibility index (Phi) is 7.14. The lowest BCUT2D eigenvalue weighted by Crippen LogP contribution is -2.53. The van der Waals surface area contributed by atoms with Crippen LogP contribution in [-0.2, 0) is 9.84 Å². The van der Waals surface area contributed by atoms with Crippen molar-refractivity contribution in [1.29, 1.82) is 0 Å². The van der Waals surface area contributed by atoms with E-state index >= 15 is 4.39 Å². The van der Waals surface area contributed by atoms with Crippen LogP contribution in [0.5, 0.6) is 5.75 Å². The first-order chi connectivity index (χ1) is 16.7. The molecule has 0 spiro atoms. The molecule has 2 heterocycles. The molecule has 0 fully saturated rings. The number of carbonyl (C=O) groups is 1. The van der Waals surface area contributed by atoms with Crippen LogP contribution in [-0.4, -0.2) is 48.8 Å². The third-order valence-electron chi connectivity index (χ3n) is 6.15. The van der Waals surface area contributed by atoms with Crippen LogP contribution in [0.3, 0.4) is 0 Å². The first-order valence-electron chi connectivity index (χ1n) is 11.0. The van der Waals surface area contributed by atoms with Gasteiger partial charge in [0.2, 0.25) is 5.76 Å². The van der Waals surface area contributed by atoms with Crippen molar-refractivity contribution in [3.8, 4) is 5.75 Å². The number of fused-ring (bicyclic) bond motifs is 1. The molecule has 4 rings (SSSR count). The van der Waals surface area contributed by atoms with Gasteiger partial charge in [0.15, 0.2) is 21.4 Å². The van der Waals surface area contributed by atoms with E-state index in [4.69, 9.17) is 20.9 Å². The summed E-state index contributed by atoms with van der Waals surface area (Å²) in [6.07, 6.45) is 1.82. The van der Waals surface area contributed by atoms with Crippen molar-refractivity contribution in [2.75, 3.05) is 13.2 Å². The molecule has 1 aliphatic rings. The topological polar surface area (TPSA) is 89.7 Å². The van der Waals surface area contributed by atoms with Crippen molar-refractivity contribution in [3.63, 3.8) is 0 Å². The Morgan fingerprint density at radius 2 is 1.86 bits per heavy atom. The molecule has 0 aliphatic carbocycles. The monoisotopic (exact) mass is 524 g/mol. The number of rotatable bonds is 7. The zero-order valence-electron chi connectivity index (χ0n) is 18.9. The molecule has 11 heteroatoms. The van der Waals surface area contributed by atoms with Gasteiger partial charge in [0.05, 0.1) is 22.4 Å². The number of aromatic nitrogens is 1. The predicted octanol–water partition coefficient (Wildman–Crippen LogP) is 4.87. The minimum atomic E-state index is -4.07. The van der Waals surface area contributed by atoms with E-state index in [-0.39, 0.29) is 35.1 Å². The van der Waals surface area contributed by atoms with E-state index in [9.17, 15) is 17.6 Å². The van der Waals surface area contributed by atoms with E-state index in [2.05, 4.69) is 5.16 Å². The molecule has 1 amide bonds. The van der Waals surface area contributed by atoms with Gasteiger partial charge in [0.1, 0.15) is 12.4 Å². The number of carbonyl (C=O) groups excluding carboxylic acids is 1. The van der Waals surface area contributed by atoms with Crippen molar-refractivity contribution >= 4 is 27.3 Å². The molecule has 1 aromatic heterocycles. The summed E-state index contributed by atoms with van der Waals surface area (Å²) in [6, 6.07) is 7.88. The molecule has 0 bridgehead atoms. The number of nitrogens with zero attached hydrogens (tertiary/aromatic N) is 2. The molecule has 3 atom stereocenters. The first kappa shape index (κ1) is 25.1. The highest BCUT2D eigenvalue weighted by Crippen LogP contribution is 2.44. The Balaban J connectivity index is 1.86. The summed E-state index contributed by atoms with van der Waals surface area (Å²) in [4.78, 5) is 14.6. The lowest BCUT2D eigenvalue weighted by atomic mass is 9.84. The Morgan fingerprint density at radius 3 is 2.49 bits per heavy atom. The molecule has 1 aliphatic heterocycles. The summed E-state index contributed by atoms with van der Waals surface area (Å²) in [6.45, 7) is 3.22. The van der Waals surface area contributed by atoms with Gasteiger partial charge >= 0.3 is 0 Å². The average molecular weight is 525 g/mol. The fourth-order valence-electron chi connectivity index (χ4n) is 4.46. The second-order valence-corrected chi connectivity index (χ2v) is 11.0. The van der Waals surface area contributed by atoms with Crippen LogP contribution in [0.2, 0.25) is 5.02 Å². The Morgan fingerprint density at radius 1 is 1.17 bits per heavy atom. The van der Waals surface area contributed by atoms with Crippen molar-refractivity contribution < 1.29 is 31.3 Å². The van der Waals surface area contributed by atoms with E-state index in [1.165, 1.54) is 48.4 Å². The zero-order chi connectivity index (χ0) is 25.3. The quantitative estimate of drug-likeness (QED) is 0.438. The average Bonchev–Trinajstić information content (AvgIpc) is 3.39. The SMILES string of the molecule is CCCN(C(=O)c1ccno1)[C@H]1COc2c(F)ccc(F)c2C1C(C)S(=O)(=O)c1ccc(Cl)cc1. The highest BCUT2D eigenvalue weighted by molar-refractivity contribution is 7.92. The van der Waals surface area contributed by atoms with Gasteiger partial charge in [-0.3, -0.25) is 4.79 Å². The van der Waals surface area contributed by atoms with Crippen molar-refractivity contribution in [1.82, 2.24) is 10.1 Å². The summed E-state index contributed by atoms with van der Waals surface area (Å²) in [7, 11) is -4.07. The maximum Gasteiger partial charge on any atom is 0.292 e. The molecule has 0 N–H and O–H groups in total. The molecule has 7 nitrogen and oxygen atoms in total. The van der Waals surface area contributed by atoms with Gasteiger partial charge in [0.25, 0.3) is 5.91 Å². The zero-order valence-corrected chi connectivity index (χ0v) is 20.5. The lowest BCUT2D eigenvalue weighted by molar-refractivity contribution is 0.0476. The number of halogens is 3. The Bertz CT molecular complexity index is 1320. The molecule has 35 heavy (non-hydrogen) atoms. The van der Waals surface area contributed by atoms with Gasteiger partial charge in [-0.1, -0.05) is 23.7 Å². The number of amides is 1. The number of ether oxygens (including phenoxy) is 1. The third-order valence-corrected chi connectivity index (χ3v) is 8.61. The number of hydrogen-bond acceptors (Lipinski definition) is 6. The van der Waals surface area contributed by atoms with Gasteiger partial charge in [0, 0.05) is 29.1 Å². The molecule has 2 aromatic carbocycles. The van der Waals surface area contributed by atoms with E-state index in [1.807, 2.05) is 6.92 Å². The Labute approximate surface area is 206 Å². The van der Waals surface area contributed by atoms with E-state index in [1.54, 1.807) is 0 Å². The third kappa shape index (κ3) is 4.64.